The average Bonchev–Trinajstić information content (AvgIpc) is 2.77. The molecule has 0 spiro atoms. The van der Waals surface area contributed by atoms with Gasteiger partial charge in [-0.15, -0.1) is 0 Å². The lowest BCUT2D eigenvalue weighted by atomic mass is 10.1. The Morgan fingerprint density at radius 2 is 1.58 bits per heavy atom. The third-order valence-corrected chi connectivity index (χ3v) is 4.73. The topological polar surface area (TPSA) is 69.6 Å². The predicted molar refractivity (Wildman–Crippen MR) is 122 cm³/mol. The molecule has 1 atom stereocenters. The summed E-state index contributed by atoms with van der Waals surface area (Å²) in [6.45, 7) is 3.08. The molecule has 31 heavy (non-hydrogen) atoms. The van der Waals surface area contributed by atoms with Crippen LogP contribution in [0.3, 0.4) is 0 Å². The largest absolute Gasteiger partial charge is 0.493 e. The van der Waals surface area contributed by atoms with Crippen molar-refractivity contribution in [3.63, 3.8) is 0 Å². The second kappa shape index (κ2) is 12.1. The Hall–Kier alpha value is -2.90. The van der Waals surface area contributed by atoms with Crippen molar-refractivity contribution < 1.29 is 28.8 Å². The van der Waals surface area contributed by atoms with E-state index in [4.69, 9.17) is 23.7 Å². The Labute approximate surface area is 184 Å². The molecule has 1 N–H and O–H groups in total. The van der Waals surface area contributed by atoms with Crippen molar-refractivity contribution in [3.05, 3.63) is 47.5 Å². The Balaban J connectivity index is 1.98. The number of methoxy groups -OCH3 is 4. The van der Waals surface area contributed by atoms with Crippen LogP contribution >= 0.6 is 0 Å². The van der Waals surface area contributed by atoms with Crippen LogP contribution in [-0.2, 0) is 6.54 Å². The molecule has 170 valence electrons. The maximum absolute atomic E-state index is 10.5. The van der Waals surface area contributed by atoms with E-state index in [9.17, 15) is 5.11 Å². The molecule has 7 heteroatoms. The van der Waals surface area contributed by atoms with E-state index in [2.05, 4.69) is 0 Å². The number of benzene rings is 2. The molecule has 7 nitrogen and oxygen atoms in total. The predicted octanol–water partition coefficient (Wildman–Crippen LogP) is 3.63. The van der Waals surface area contributed by atoms with E-state index in [1.165, 1.54) is 0 Å². The molecule has 0 aliphatic carbocycles. The van der Waals surface area contributed by atoms with E-state index in [1.54, 1.807) is 28.4 Å². The van der Waals surface area contributed by atoms with E-state index >= 15 is 0 Å². The van der Waals surface area contributed by atoms with E-state index in [0.717, 1.165) is 11.1 Å². The number of aliphatic hydroxyl groups is 1. The number of hydrogen-bond acceptors (Lipinski definition) is 7. The van der Waals surface area contributed by atoms with Gasteiger partial charge >= 0.3 is 0 Å². The zero-order chi connectivity index (χ0) is 22.8. The first kappa shape index (κ1) is 24.4. The summed E-state index contributed by atoms with van der Waals surface area (Å²) in [6.07, 6.45) is 3.26. The zero-order valence-electron chi connectivity index (χ0n) is 19.2. The van der Waals surface area contributed by atoms with Gasteiger partial charge in [0.25, 0.3) is 0 Å². The van der Waals surface area contributed by atoms with Gasteiger partial charge in [0.2, 0.25) is 5.75 Å². The number of likely N-dealkylation sites (N-methyl/N-ethyl adjacent to an activating group) is 1. The van der Waals surface area contributed by atoms with Crippen LogP contribution in [0.25, 0.3) is 6.08 Å². The summed E-state index contributed by atoms with van der Waals surface area (Å²) in [5.74, 6) is 3.00. The number of rotatable bonds is 12. The van der Waals surface area contributed by atoms with Gasteiger partial charge in [0.05, 0.1) is 28.4 Å². The highest BCUT2D eigenvalue weighted by molar-refractivity contribution is 5.56. The van der Waals surface area contributed by atoms with Crippen molar-refractivity contribution in [2.75, 3.05) is 48.6 Å². The number of nitrogens with zero attached hydrogens (tertiary/aromatic N) is 1. The number of hydrogen-bond donors (Lipinski definition) is 1. The van der Waals surface area contributed by atoms with E-state index in [1.807, 2.05) is 61.4 Å². The van der Waals surface area contributed by atoms with Gasteiger partial charge in [-0.25, -0.2) is 0 Å². The standard InChI is InChI=1S/C24H33NO6/c1-7-8-17-9-11-20(22(13-17)28-4)31-16-19(26)15-25(2)14-18-10-12-21(27-3)24(30-6)23(18)29-5/h7-13,19,26H,14-16H2,1-6H3/b8-7+. The lowest BCUT2D eigenvalue weighted by molar-refractivity contribution is 0.0730. The summed E-state index contributed by atoms with van der Waals surface area (Å²) in [5, 5.41) is 10.5. The summed E-state index contributed by atoms with van der Waals surface area (Å²) < 4.78 is 27.5. The molecule has 0 aliphatic rings. The quantitative estimate of drug-likeness (QED) is 0.550. The molecular formula is C24H33NO6. The second-order valence-corrected chi connectivity index (χ2v) is 7.07. The maximum atomic E-state index is 10.5. The van der Waals surface area contributed by atoms with Crippen molar-refractivity contribution >= 4 is 6.08 Å². The van der Waals surface area contributed by atoms with E-state index in [0.29, 0.717) is 41.8 Å². The minimum absolute atomic E-state index is 0.146. The molecule has 0 heterocycles. The highest BCUT2D eigenvalue weighted by Crippen LogP contribution is 2.40. The third kappa shape index (κ3) is 6.54. The van der Waals surface area contributed by atoms with E-state index in [-0.39, 0.29) is 6.61 Å². The molecule has 0 aliphatic heterocycles. The fourth-order valence-corrected chi connectivity index (χ4v) is 3.34. The van der Waals surface area contributed by atoms with Gasteiger partial charge in [-0.05, 0) is 37.7 Å². The van der Waals surface area contributed by atoms with Crippen LogP contribution in [0.2, 0.25) is 0 Å². The van der Waals surface area contributed by atoms with Crippen LogP contribution in [0.15, 0.2) is 36.4 Å². The lowest BCUT2D eigenvalue weighted by Crippen LogP contribution is -2.33. The summed E-state index contributed by atoms with van der Waals surface area (Å²) in [7, 11) is 8.28. The van der Waals surface area contributed by atoms with E-state index < -0.39 is 6.10 Å². The van der Waals surface area contributed by atoms with Gasteiger partial charge in [-0.2, -0.15) is 0 Å². The number of aliphatic hydroxyl groups excluding tert-OH is 1. The average molecular weight is 432 g/mol. The Morgan fingerprint density at radius 3 is 2.19 bits per heavy atom. The second-order valence-electron chi connectivity index (χ2n) is 7.07. The molecule has 2 aromatic rings. The first-order chi connectivity index (χ1) is 15.0. The van der Waals surface area contributed by atoms with Crippen molar-refractivity contribution in [3.8, 4) is 28.7 Å². The first-order valence-corrected chi connectivity index (χ1v) is 10.0. The fraction of sp³-hybridized carbons (Fsp3) is 0.417. The minimum atomic E-state index is -0.684. The van der Waals surface area contributed by atoms with Crippen LogP contribution < -0.4 is 23.7 Å². The van der Waals surface area contributed by atoms with Crippen molar-refractivity contribution in [1.29, 1.82) is 0 Å². The van der Waals surface area contributed by atoms with Crippen molar-refractivity contribution in [2.45, 2.75) is 19.6 Å². The zero-order valence-corrected chi connectivity index (χ0v) is 19.2. The smallest absolute Gasteiger partial charge is 0.203 e. The summed E-state index contributed by atoms with van der Waals surface area (Å²) in [6, 6.07) is 9.46. The number of ether oxygens (including phenoxy) is 5. The van der Waals surface area contributed by atoms with Crippen molar-refractivity contribution in [1.82, 2.24) is 4.90 Å². The fourth-order valence-electron chi connectivity index (χ4n) is 3.34. The molecule has 2 aromatic carbocycles. The lowest BCUT2D eigenvalue weighted by Gasteiger charge is -2.23. The van der Waals surface area contributed by atoms with Gasteiger partial charge in [0.1, 0.15) is 12.7 Å². The monoisotopic (exact) mass is 431 g/mol. The SMILES string of the molecule is C/C=C/c1ccc(OCC(O)CN(C)Cc2ccc(OC)c(OC)c2OC)c(OC)c1. The molecule has 0 saturated carbocycles. The normalized spacial score (nSPS) is 12.1. The van der Waals surface area contributed by atoms with Gasteiger partial charge in [-0.1, -0.05) is 24.3 Å². The Kier molecular flexibility index (Phi) is 9.49. The van der Waals surface area contributed by atoms with Crippen LogP contribution in [-0.4, -0.2) is 64.7 Å². The Bertz CT molecular complexity index is 867. The molecule has 2 rings (SSSR count). The van der Waals surface area contributed by atoms with Crippen LogP contribution in [0.1, 0.15) is 18.1 Å². The Morgan fingerprint density at radius 1 is 0.903 bits per heavy atom. The van der Waals surface area contributed by atoms with Crippen molar-refractivity contribution in [2.24, 2.45) is 0 Å². The van der Waals surface area contributed by atoms with Gasteiger partial charge in [0.15, 0.2) is 23.0 Å². The molecule has 0 radical (unpaired) electrons. The maximum Gasteiger partial charge on any atom is 0.203 e. The molecule has 0 bridgehead atoms. The summed E-state index contributed by atoms with van der Waals surface area (Å²) >= 11 is 0. The van der Waals surface area contributed by atoms with Crippen LogP contribution in [0, 0.1) is 0 Å². The molecule has 0 aromatic heterocycles. The van der Waals surface area contributed by atoms with Crippen LogP contribution in [0.5, 0.6) is 28.7 Å². The van der Waals surface area contributed by atoms with Crippen LogP contribution in [0.4, 0.5) is 0 Å². The molecule has 1 unspecified atom stereocenters. The molecule has 0 saturated heterocycles. The van der Waals surface area contributed by atoms with Gasteiger partial charge < -0.3 is 28.8 Å². The molecular weight excluding hydrogens is 398 g/mol. The molecule has 0 fully saturated rings. The number of allylic oxidation sites excluding steroid dienone is 1. The summed E-state index contributed by atoms with van der Waals surface area (Å²) in [4.78, 5) is 1.99. The summed E-state index contributed by atoms with van der Waals surface area (Å²) in [5.41, 5.74) is 1.95. The first-order valence-electron chi connectivity index (χ1n) is 10.0. The highest BCUT2D eigenvalue weighted by Gasteiger charge is 2.18. The third-order valence-electron chi connectivity index (χ3n) is 4.73. The molecule has 0 amide bonds. The van der Waals surface area contributed by atoms with Gasteiger partial charge in [-0.3, -0.25) is 4.90 Å². The minimum Gasteiger partial charge on any atom is -0.493 e. The highest BCUT2D eigenvalue weighted by atomic mass is 16.5. The van der Waals surface area contributed by atoms with Gasteiger partial charge in [0, 0.05) is 18.7 Å².